The Kier molecular flexibility index (Phi) is 7.22. The number of nitrogens with zero attached hydrogens (tertiary/aromatic N) is 1. The molecule has 0 aliphatic carbocycles. The lowest BCUT2D eigenvalue weighted by Gasteiger charge is -2.22. The van der Waals surface area contributed by atoms with Gasteiger partial charge in [-0.25, -0.2) is 13.2 Å². The molecular formula is C20H24N2O6S. The van der Waals surface area contributed by atoms with Gasteiger partial charge in [-0.05, 0) is 55.8 Å². The van der Waals surface area contributed by atoms with Crippen molar-refractivity contribution in [2.75, 3.05) is 36.1 Å². The lowest BCUT2D eigenvalue weighted by atomic mass is 10.1. The molecule has 0 fully saturated rings. The molecule has 0 aliphatic rings. The van der Waals surface area contributed by atoms with E-state index in [1.807, 2.05) is 6.92 Å². The van der Waals surface area contributed by atoms with E-state index in [0.717, 1.165) is 16.1 Å². The Bertz CT molecular complexity index is 987. The van der Waals surface area contributed by atoms with Gasteiger partial charge in [-0.15, -0.1) is 0 Å². The van der Waals surface area contributed by atoms with Crippen molar-refractivity contribution in [2.24, 2.45) is 0 Å². The summed E-state index contributed by atoms with van der Waals surface area (Å²) in [6.07, 6.45) is 1.03. The highest BCUT2D eigenvalue weighted by molar-refractivity contribution is 7.92. The fraction of sp³-hybridized carbons (Fsp3) is 0.300. The molecule has 1 N–H and O–H groups in total. The molecule has 0 atom stereocenters. The van der Waals surface area contributed by atoms with Gasteiger partial charge in [0.05, 0.1) is 31.2 Å². The molecule has 1 amide bonds. The van der Waals surface area contributed by atoms with Crippen molar-refractivity contribution in [2.45, 2.75) is 13.8 Å². The molecule has 2 rings (SSSR count). The smallest absolute Gasteiger partial charge is 0.337 e. The molecule has 0 radical (unpaired) electrons. The summed E-state index contributed by atoms with van der Waals surface area (Å²) < 4.78 is 35.5. The van der Waals surface area contributed by atoms with Crippen LogP contribution in [0.2, 0.25) is 0 Å². The van der Waals surface area contributed by atoms with Gasteiger partial charge in [0.15, 0.2) is 0 Å². The summed E-state index contributed by atoms with van der Waals surface area (Å²) in [7, 11) is -2.44. The second kappa shape index (κ2) is 9.42. The van der Waals surface area contributed by atoms with E-state index in [1.54, 1.807) is 43.3 Å². The first-order valence-corrected chi connectivity index (χ1v) is 10.7. The lowest BCUT2D eigenvalue weighted by Crippen LogP contribution is -2.37. The highest BCUT2D eigenvalue weighted by Gasteiger charge is 2.21. The van der Waals surface area contributed by atoms with Crippen LogP contribution in [0.3, 0.4) is 0 Å². The van der Waals surface area contributed by atoms with Crippen LogP contribution >= 0.6 is 0 Å². The molecule has 0 aliphatic heterocycles. The molecule has 0 spiro atoms. The summed E-state index contributed by atoms with van der Waals surface area (Å²) in [5.41, 5.74) is 1.74. The van der Waals surface area contributed by atoms with E-state index in [2.05, 4.69) is 10.1 Å². The number of amides is 1. The molecule has 0 unspecified atom stereocenters. The lowest BCUT2D eigenvalue weighted by molar-refractivity contribution is -0.114. The molecule has 2 aromatic carbocycles. The van der Waals surface area contributed by atoms with Crippen LogP contribution in [0.25, 0.3) is 0 Å². The van der Waals surface area contributed by atoms with Gasteiger partial charge in [-0.1, -0.05) is 6.07 Å². The normalized spacial score (nSPS) is 10.9. The Morgan fingerprint density at radius 2 is 1.76 bits per heavy atom. The summed E-state index contributed by atoms with van der Waals surface area (Å²) in [6, 6.07) is 11.2. The highest BCUT2D eigenvalue weighted by Crippen LogP contribution is 2.22. The molecule has 0 saturated carbocycles. The van der Waals surface area contributed by atoms with Gasteiger partial charge in [0, 0.05) is 5.69 Å². The Labute approximate surface area is 170 Å². The van der Waals surface area contributed by atoms with Crippen LogP contribution in [0.5, 0.6) is 5.75 Å². The maximum atomic E-state index is 12.6. The zero-order chi connectivity index (χ0) is 21.6. The van der Waals surface area contributed by atoms with Crippen LogP contribution in [0.4, 0.5) is 11.4 Å². The van der Waals surface area contributed by atoms with Crippen LogP contribution in [0.1, 0.15) is 22.8 Å². The largest absolute Gasteiger partial charge is 0.494 e. The van der Waals surface area contributed by atoms with Crippen LogP contribution < -0.4 is 14.4 Å². The highest BCUT2D eigenvalue weighted by atomic mass is 32.2. The average Bonchev–Trinajstić information content (AvgIpc) is 2.67. The van der Waals surface area contributed by atoms with Crippen molar-refractivity contribution in [1.29, 1.82) is 0 Å². The number of esters is 1. The van der Waals surface area contributed by atoms with E-state index in [0.29, 0.717) is 23.7 Å². The fourth-order valence-corrected chi connectivity index (χ4v) is 3.45. The van der Waals surface area contributed by atoms with Crippen molar-refractivity contribution in [1.82, 2.24) is 0 Å². The van der Waals surface area contributed by atoms with Gasteiger partial charge in [-0.2, -0.15) is 0 Å². The number of sulfonamides is 1. The Balaban J connectivity index is 2.22. The first-order valence-electron chi connectivity index (χ1n) is 8.85. The standard InChI is InChI=1S/C20H24N2O6S/c1-5-28-17-10-8-16(9-11-17)22(29(4,25)26)13-19(23)21-18-12-15(20(24)27-3)7-6-14(18)2/h6-12H,5,13H2,1-4H3,(H,21,23). The van der Waals surface area contributed by atoms with E-state index >= 15 is 0 Å². The fourth-order valence-electron chi connectivity index (χ4n) is 2.60. The number of anilines is 2. The molecule has 2 aromatic rings. The van der Waals surface area contributed by atoms with E-state index < -0.39 is 28.4 Å². The zero-order valence-corrected chi connectivity index (χ0v) is 17.6. The van der Waals surface area contributed by atoms with E-state index in [9.17, 15) is 18.0 Å². The Morgan fingerprint density at radius 1 is 1.10 bits per heavy atom. The molecule has 0 saturated heterocycles. The zero-order valence-electron chi connectivity index (χ0n) is 16.8. The quantitative estimate of drug-likeness (QED) is 0.659. The molecule has 8 nitrogen and oxygen atoms in total. The third-order valence-corrected chi connectivity index (χ3v) is 5.20. The number of carbonyl (C=O) groups is 2. The topological polar surface area (TPSA) is 102 Å². The van der Waals surface area contributed by atoms with Crippen LogP contribution in [-0.4, -0.2) is 46.8 Å². The summed E-state index contributed by atoms with van der Waals surface area (Å²) in [5.74, 6) is -0.480. The van der Waals surface area contributed by atoms with Crippen LogP contribution in [0.15, 0.2) is 42.5 Å². The number of rotatable bonds is 8. The SMILES string of the molecule is CCOc1ccc(N(CC(=O)Nc2cc(C(=O)OC)ccc2C)S(C)(=O)=O)cc1. The summed E-state index contributed by atoms with van der Waals surface area (Å²) in [5, 5.41) is 2.66. The van der Waals surface area contributed by atoms with Crippen LogP contribution in [0, 0.1) is 6.92 Å². The summed E-state index contributed by atoms with van der Waals surface area (Å²) >= 11 is 0. The van der Waals surface area contributed by atoms with Gasteiger partial charge in [0.2, 0.25) is 15.9 Å². The number of benzene rings is 2. The molecule has 0 heterocycles. The van der Waals surface area contributed by atoms with Crippen LogP contribution in [-0.2, 0) is 19.6 Å². The van der Waals surface area contributed by atoms with Crippen molar-refractivity contribution in [3.05, 3.63) is 53.6 Å². The minimum Gasteiger partial charge on any atom is -0.494 e. The van der Waals surface area contributed by atoms with Crippen molar-refractivity contribution < 1.29 is 27.5 Å². The maximum absolute atomic E-state index is 12.6. The third kappa shape index (κ3) is 5.95. The first-order chi connectivity index (χ1) is 13.7. The van der Waals surface area contributed by atoms with Gasteiger partial charge < -0.3 is 14.8 Å². The number of methoxy groups -OCH3 is 1. The minimum atomic E-state index is -3.71. The second-order valence-electron chi connectivity index (χ2n) is 6.27. The molecular weight excluding hydrogens is 396 g/mol. The number of nitrogens with one attached hydrogen (secondary N) is 1. The maximum Gasteiger partial charge on any atom is 0.337 e. The van der Waals surface area contributed by atoms with E-state index in [4.69, 9.17) is 4.74 Å². The Morgan fingerprint density at radius 3 is 2.31 bits per heavy atom. The van der Waals surface area contributed by atoms with Crippen molar-refractivity contribution in [3.8, 4) is 5.75 Å². The number of ether oxygens (including phenoxy) is 2. The van der Waals surface area contributed by atoms with Crippen molar-refractivity contribution >= 4 is 33.3 Å². The Hall–Kier alpha value is -3.07. The molecule has 9 heteroatoms. The molecule has 156 valence electrons. The average molecular weight is 420 g/mol. The summed E-state index contributed by atoms with van der Waals surface area (Å²) in [4.78, 5) is 24.3. The van der Waals surface area contributed by atoms with Gasteiger partial charge >= 0.3 is 5.97 Å². The summed E-state index contributed by atoms with van der Waals surface area (Å²) in [6.45, 7) is 3.67. The number of hydrogen-bond acceptors (Lipinski definition) is 6. The molecule has 0 bridgehead atoms. The van der Waals surface area contributed by atoms with Gasteiger partial charge in [0.1, 0.15) is 12.3 Å². The van der Waals surface area contributed by atoms with Gasteiger partial charge in [0.25, 0.3) is 0 Å². The first kappa shape index (κ1) is 22.2. The monoisotopic (exact) mass is 420 g/mol. The molecule has 29 heavy (non-hydrogen) atoms. The molecule has 0 aromatic heterocycles. The predicted molar refractivity (Wildman–Crippen MR) is 111 cm³/mol. The third-order valence-electron chi connectivity index (χ3n) is 4.06. The predicted octanol–water partition coefficient (Wildman–Crippen LogP) is 2.59. The van der Waals surface area contributed by atoms with E-state index in [1.165, 1.54) is 13.2 Å². The number of carbonyl (C=O) groups excluding carboxylic acids is 2. The van der Waals surface area contributed by atoms with Crippen molar-refractivity contribution in [3.63, 3.8) is 0 Å². The second-order valence-corrected chi connectivity index (χ2v) is 8.17. The number of aryl methyl sites for hydroxylation is 1. The van der Waals surface area contributed by atoms with E-state index in [-0.39, 0.29) is 5.56 Å². The number of hydrogen-bond donors (Lipinski definition) is 1. The van der Waals surface area contributed by atoms with Gasteiger partial charge in [-0.3, -0.25) is 9.10 Å². The minimum absolute atomic E-state index is 0.278.